The van der Waals surface area contributed by atoms with Crippen molar-refractivity contribution in [1.82, 2.24) is 14.7 Å². The maximum absolute atomic E-state index is 10.6. The molecule has 2 atom stereocenters. The third-order valence-corrected chi connectivity index (χ3v) is 6.21. The highest BCUT2D eigenvalue weighted by atomic mass is 35.5. The second-order valence-electron chi connectivity index (χ2n) is 4.83. The molecule has 0 aromatic carbocycles. The number of halogens is 1. The molecular weight excluding hydrogens is 302 g/mol. The quantitative estimate of drug-likeness (QED) is 0.898. The Morgan fingerprint density at radius 2 is 2.37 bits per heavy atom. The second-order valence-corrected chi connectivity index (χ2v) is 7.74. The topological polar surface area (TPSA) is 41.3 Å². The molecule has 0 amide bonds. The van der Waals surface area contributed by atoms with Crippen molar-refractivity contribution in [2.45, 2.75) is 17.9 Å². The van der Waals surface area contributed by atoms with Gasteiger partial charge in [0.1, 0.15) is 6.10 Å². The molecule has 108 valence electrons. The van der Waals surface area contributed by atoms with Gasteiger partial charge in [-0.2, -0.15) is 28.6 Å². The van der Waals surface area contributed by atoms with Gasteiger partial charge in [0.25, 0.3) is 0 Å². The minimum Gasteiger partial charge on any atom is -0.386 e. The Hall–Kier alpha value is 0.120. The van der Waals surface area contributed by atoms with Gasteiger partial charge in [-0.25, -0.2) is 0 Å². The Labute approximate surface area is 127 Å². The minimum absolute atomic E-state index is 0.214. The zero-order chi connectivity index (χ0) is 13.8. The summed E-state index contributed by atoms with van der Waals surface area (Å²) in [5.74, 6) is 3.23. The molecule has 7 heteroatoms. The van der Waals surface area contributed by atoms with E-state index >= 15 is 0 Å². The molecule has 0 radical (unpaired) electrons. The maximum atomic E-state index is 10.6. The van der Waals surface area contributed by atoms with Gasteiger partial charge in [-0.05, 0) is 14.1 Å². The standard InChI is InChI=1S/C12H20ClN3OS2/c1-15(2)3-4-16-11(9(13)7-14-16)12(17)10-8-18-5-6-19-10/h7,10,12,17H,3-6,8H2,1-2H3. The van der Waals surface area contributed by atoms with Crippen LogP contribution in [0, 0.1) is 0 Å². The average Bonchev–Trinajstić information content (AvgIpc) is 2.78. The molecule has 2 unspecified atom stereocenters. The fourth-order valence-electron chi connectivity index (χ4n) is 2.00. The normalized spacial score (nSPS) is 21.8. The van der Waals surface area contributed by atoms with Gasteiger partial charge in [-0.15, -0.1) is 0 Å². The Bertz CT molecular complexity index is 408. The van der Waals surface area contributed by atoms with Crippen molar-refractivity contribution < 1.29 is 5.11 Å². The van der Waals surface area contributed by atoms with Gasteiger partial charge in [0, 0.05) is 29.1 Å². The van der Waals surface area contributed by atoms with Gasteiger partial charge in [-0.1, -0.05) is 11.6 Å². The summed E-state index contributed by atoms with van der Waals surface area (Å²) in [6, 6.07) is 0. The van der Waals surface area contributed by atoms with Crippen LogP contribution in [0.2, 0.25) is 5.02 Å². The van der Waals surface area contributed by atoms with Crippen LogP contribution in [-0.2, 0) is 6.54 Å². The first-order chi connectivity index (χ1) is 9.09. The summed E-state index contributed by atoms with van der Waals surface area (Å²) in [7, 11) is 4.05. The minimum atomic E-state index is -0.532. The predicted molar refractivity (Wildman–Crippen MR) is 84.3 cm³/mol. The van der Waals surface area contributed by atoms with Crippen molar-refractivity contribution in [3.8, 4) is 0 Å². The molecular formula is C12H20ClN3OS2. The lowest BCUT2D eigenvalue weighted by atomic mass is 10.2. The maximum Gasteiger partial charge on any atom is 0.110 e. The number of rotatable bonds is 5. The molecule has 1 aliphatic rings. The summed E-state index contributed by atoms with van der Waals surface area (Å²) in [5, 5.41) is 15.6. The molecule has 0 aliphatic carbocycles. The molecule has 1 aromatic heterocycles. The van der Waals surface area contributed by atoms with E-state index in [-0.39, 0.29) is 5.25 Å². The third kappa shape index (κ3) is 4.04. The predicted octanol–water partition coefficient (Wildman–Crippen LogP) is 1.98. The summed E-state index contributed by atoms with van der Waals surface area (Å²) in [6.45, 7) is 1.63. The first kappa shape index (κ1) is 15.5. The average molecular weight is 322 g/mol. The van der Waals surface area contributed by atoms with Crippen LogP contribution in [0.25, 0.3) is 0 Å². The van der Waals surface area contributed by atoms with Gasteiger partial charge >= 0.3 is 0 Å². The molecule has 0 bridgehead atoms. The van der Waals surface area contributed by atoms with Gasteiger partial charge in [0.05, 0.1) is 23.5 Å². The van der Waals surface area contributed by atoms with Crippen molar-refractivity contribution >= 4 is 35.1 Å². The fraction of sp³-hybridized carbons (Fsp3) is 0.750. The van der Waals surface area contributed by atoms with Crippen LogP contribution >= 0.6 is 35.1 Å². The highest BCUT2D eigenvalue weighted by molar-refractivity contribution is 8.06. The molecule has 2 heterocycles. The third-order valence-electron chi connectivity index (χ3n) is 3.07. The van der Waals surface area contributed by atoms with Crippen molar-refractivity contribution in [2.75, 3.05) is 37.9 Å². The number of aromatic nitrogens is 2. The van der Waals surface area contributed by atoms with Gasteiger partial charge in [-0.3, -0.25) is 4.68 Å². The lowest BCUT2D eigenvalue weighted by Gasteiger charge is -2.26. The van der Waals surface area contributed by atoms with Crippen LogP contribution < -0.4 is 0 Å². The summed E-state index contributed by atoms with van der Waals surface area (Å²) >= 11 is 9.93. The summed E-state index contributed by atoms with van der Waals surface area (Å²) in [6.07, 6.45) is 1.10. The molecule has 1 N–H and O–H groups in total. The monoisotopic (exact) mass is 321 g/mol. The highest BCUT2D eigenvalue weighted by Crippen LogP contribution is 2.35. The molecule has 1 saturated heterocycles. The number of thioether (sulfide) groups is 2. The van der Waals surface area contributed by atoms with Crippen molar-refractivity contribution in [2.24, 2.45) is 0 Å². The number of likely N-dealkylation sites (N-methyl/N-ethyl adjacent to an activating group) is 1. The summed E-state index contributed by atoms with van der Waals surface area (Å²) in [5.41, 5.74) is 0.767. The number of aliphatic hydroxyl groups excluding tert-OH is 1. The zero-order valence-corrected chi connectivity index (χ0v) is 13.6. The van der Waals surface area contributed by atoms with Gasteiger partial charge in [0.15, 0.2) is 0 Å². The number of hydrogen-bond donors (Lipinski definition) is 1. The van der Waals surface area contributed by atoms with Crippen LogP contribution in [-0.4, -0.2) is 62.9 Å². The zero-order valence-electron chi connectivity index (χ0n) is 11.3. The van der Waals surface area contributed by atoms with E-state index in [4.69, 9.17) is 11.6 Å². The van der Waals surface area contributed by atoms with Crippen molar-refractivity contribution in [1.29, 1.82) is 0 Å². The van der Waals surface area contributed by atoms with E-state index in [0.717, 1.165) is 30.3 Å². The van der Waals surface area contributed by atoms with E-state index in [1.807, 2.05) is 42.3 Å². The smallest absolute Gasteiger partial charge is 0.110 e. The van der Waals surface area contributed by atoms with Crippen molar-refractivity contribution in [3.63, 3.8) is 0 Å². The van der Waals surface area contributed by atoms with Crippen LogP contribution in [0.4, 0.5) is 0 Å². The van der Waals surface area contributed by atoms with E-state index in [1.54, 1.807) is 6.20 Å². The Balaban J connectivity index is 2.10. The Morgan fingerprint density at radius 1 is 1.58 bits per heavy atom. The van der Waals surface area contributed by atoms with Gasteiger partial charge in [0.2, 0.25) is 0 Å². The molecule has 19 heavy (non-hydrogen) atoms. The number of aliphatic hydroxyl groups is 1. The molecule has 1 aliphatic heterocycles. The Morgan fingerprint density at radius 3 is 3.00 bits per heavy atom. The molecule has 0 saturated carbocycles. The van der Waals surface area contributed by atoms with E-state index in [0.29, 0.717) is 5.02 Å². The summed E-state index contributed by atoms with van der Waals surface area (Å²) in [4.78, 5) is 2.09. The first-order valence-corrected chi connectivity index (χ1v) is 8.91. The van der Waals surface area contributed by atoms with Crippen LogP contribution in [0.3, 0.4) is 0 Å². The van der Waals surface area contributed by atoms with Crippen LogP contribution in [0.1, 0.15) is 11.8 Å². The fourth-order valence-corrected chi connectivity index (χ4v) is 4.98. The van der Waals surface area contributed by atoms with Gasteiger partial charge < -0.3 is 10.0 Å². The molecule has 1 aromatic rings. The largest absolute Gasteiger partial charge is 0.386 e. The lowest BCUT2D eigenvalue weighted by Crippen LogP contribution is -2.27. The SMILES string of the molecule is CN(C)CCn1ncc(Cl)c1C(O)C1CSCCS1. The molecule has 2 rings (SSSR count). The van der Waals surface area contributed by atoms with E-state index < -0.39 is 6.10 Å². The van der Waals surface area contributed by atoms with E-state index in [9.17, 15) is 5.11 Å². The first-order valence-electron chi connectivity index (χ1n) is 6.33. The molecule has 0 spiro atoms. The van der Waals surface area contributed by atoms with E-state index in [2.05, 4.69) is 10.00 Å². The highest BCUT2D eigenvalue weighted by Gasteiger charge is 2.28. The number of nitrogens with zero attached hydrogens (tertiary/aromatic N) is 3. The molecule has 4 nitrogen and oxygen atoms in total. The van der Waals surface area contributed by atoms with E-state index in [1.165, 1.54) is 5.75 Å². The second kappa shape index (κ2) is 7.22. The van der Waals surface area contributed by atoms with Crippen LogP contribution in [0.5, 0.6) is 0 Å². The Kier molecular flexibility index (Phi) is 5.89. The van der Waals surface area contributed by atoms with Crippen LogP contribution in [0.15, 0.2) is 6.20 Å². The number of hydrogen-bond acceptors (Lipinski definition) is 5. The summed E-state index contributed by atoms with van der Waals surface area (Å²) < 4.78 is 1.84. The lowest BCUT2D eigenvalue weighted by molar-refractivity contribution is 0.167. The molecule has 1 fully saturated rings. The van der Waals surface area contributed by atoms with Crippen molar-refractivity contribution in [3.05, 3.63) is 16.9 Å².